The van der Waals surface area contributed by atoms with Gasteiger partial charge in [-0.15, -0.1) is 0 Å². The summed E-state index contributed by atoms with van der Waals surface area (Å²) < 4.78 is 0. The third-order valence-corrected chi connectivity index (χ3v) is 7.00. The molecule has 0 atom stereocenters. The Labute approximate surface area is 178 Å². The van der Waals surface area contributed by atoms with Gasteiger partial charge >= 0.3 is 6.03 Å². The van der Waals surface area contributed by atoms with E-state index in [1.807, 2.05) is 0 Å². The zero-order valence-electron chi connectivity index (χ0n) is 17.7. The van der Waals surface area contributed by atoms with Crippen molar-refractivity contribution in [2.24, 2.45) is 11.8 Å². The molecule has 3 aliphatic rings. The van der Waals surface area contributed by atoms with Gasteiger partial charge in [-0.05, 0) is 68.7 Å². The molecule has 7 nitrogen and oxygen atoms in total. The first kappa shape index (κ1) is 20.8. The Morgan fingerprint density at radius 3 is 2.30 bits per heavy atom. The smallest absolute Gasteiger partial charge is 0.322 e. The number of carbonyl (C=O) groups excluding carboxylic acids is 3. The lowest BCUT2D eigenvalue weighted by molar-refractivity contribution is -0.130. The van der Waals surface area contributed by atoms with E-state index in [2.05, 4.69) is 52.0 Å². The zero-order valence-corrected chi connectivity index (χ0v) is 17.7. The fourth-order valence-corrected chi connectivity index (χ4v) is 4.83. The fourth-order valence-electron chi connectivity index (χ4n) is 4.83. The molecule has 0 unspecified atom stereocenters. The van der Waals surface area contributed by atoms with Gasteiger partial charge in [-0.25, -0.2) is 4.79 Å². The van der Waals surface area contributed by atoms with Crippen LogP contribution in [0, 0.1) is 11.8 Å². The fraction of sp³-hybridized carbons (Fsp3) is 0.609. The van der Waals surface area contributed by atoms with Crippen molar-refractivity contribution in [3.05, 3.63) is 35.4 Å². The second kappa shape index (κ2) is 8.76. The maximum atomic E-state index is 12.6. The van der Waals surface area contributed by atoms with Gasteiger partial charge in [0.05, 0.1) is 0 Å². The first-order chi connectivity index (χ1) is 14.4. The minimum atomic E-state index is -0.809. The highest BCUT2D eigenvalue weighted by Gasteiger charge is 2.48. The number of hydrogen-bond donors (Lipinski definition) is 3. The predicted molar refractivity (Wildman–Crippen MR) is 113 cm³/mol. The van der Waals surface area contributed by atoms with Crippen molar-refractivity contribution >= 4 is 17.8 Å². The maximum absolute atomic E-state index is 12.6. The van der Waals surface area contributed by atoms with Crippen LogP contribution in [0.2, 0.25) is 0 Å². The van der Waals surface area contributed by atoms with Crippen molar-refractivity contribution in [3.63, 3.8) is 0 Å². The van der Waals surface area contributed by atoms with Gasteiger partial charge in [0.25, 0.3) is 5.91 Å². The molecule has 2 saturated heterocycles. The first-order valence-corrected chi connectivity index (χ1v) is 11.1. The number of hydrogen-bond acceptors (Lipinski definition) is 4. The SMILES string of the molecule is CC1CCN(Cc2ccc(CNC(=O)C3CCC4(CC3)NC(=O)NC4=O)cc2)CC1. The number of likely N-dealkylation sites (tertiary alicyclic amines) is 1. The summed E-state index contributed by atoms with van der Waals surface area (Å²) in [5, 5.41) is 8.08. The van der Waals surface area contributed by atoms with Gasteiger partial charge in [-0.1, -0.05) is 31.2 Å². The first-order valence-electron chi connectivity index (χ1n) is 11.1. The van der Waals surface area contributed by atoms with E-state index in [9.17, 15) is 14.4 Å². The summed E-state index contributed by atoms with van der Waals surface area (Å²) >= 11 is 0. The molecule has 1 aromatic rings. The molecule has 1 saturated carbocycles. The van der Waals surface area contributed by atoms with Crippen molar-refractivity contribution in [2.75, 3.05) is 13.1 Å². The number of amides is 4. The number of piperidine rings is 1. The van der Waals surface area contributed by atoms with Crippen LogP contribution in [0.25, 0.3) is 0 Å². The zero-order chi connectivity index (χ0) is 21.1. The lowest BCUT2D eigenvalue weighted by atomic mass is 9.76. The normalized spacial score (nSPS) is 27.7. The van der Waals surface area contributed by atoms with Gasteiger partial charge < -0.3 is 10.6 Å². The molecular weight excluding hydrogens is 380 g/mol. The van der Waals surface area contributed by atoms with Crippen LogP contribution in [0.5, 0.6) is 0 Å². The van der Waals surface area contributed by atoms with Crippen LogP contribution >= 0.6 is 0 Å². The van der Waals surface area contributed by atoms with Crippen LogP contribution in [0.1, 0.15) is 56.6 Å². The Morgan fingerprint density at radius 2 is 1.70 bits per heavy atom. The third-order valence-electron chi connectivity index (χ3n) is 7.00. The van der Waals surface area contributed by atoms with Crippen molar-refractivity contribution in [3.8, 4) is 0 Å². The average molecular weight is 413 g/mol. The van der Waals surface area contributed by atoms with Gasteiger partial charge in [0.1, 0.15) is 5.54 Å². The van der Waals surface area contributed by atoms with Crippen LogP contribution < -0.4 is 16.0 Å². The highest BCUT2D eigenvalue weighted by atomic mass is 16.2. The Bertz CT molecular complexity index is 791. The molecule has 30 heavy (non-hydrogen) atoms. The number of nitrogens with zero attached hydrogens (tertiary/aromatic N) is 1. The third kappa shape index (κ3) is 4.67. The minimum absolute atomic E-state index is 0.0288. The van der Waals surface area contributed by atoms with Gasteiger partial charge in [0, 0.05) is 19.0 Å². The maximum Gasteiger partial charge on any atom is 0.322 e. The molecule has 1 aliphatic carbocycles. The van der Waals surface area contributed by atoms with Gasteiger partial charge in [0.15, 0.2) is 0 Å². The van der Waals surface area contributed by atoms with Crippen LogP contribution in [-0.4, -0.2) is 41.4 Å². The second-order valence-corrected chi connectivity index (χ2v) is 9.26. The molecular formula is C23H32N4O3. The quantitative estimate of drug-likeness (QED) is 0.648. The van der Waals surface area contributed by atoms with Crippen molar-refractivity contribution in [2.45, 2.75) is 64.1 Å². The van der Waals surface area contributed by atoms with E-state index in [0.717, 1.165) is 18.0 Å². The van der Waals surface area contributed by atoms with Gasteiger partial charge in [0.2, 0.25) is 5.91 Å². The molecule has 2 heterocycles. The molecule has 0 radical (unpaired) electrons. The molecule has 4 rings (SSSR count). The summed E-state index contributed by atoms with van der Waals surface area (Å²) in [7, 11) is 0. The number of urea groups is 1. The topological polar surface area (TPSA) is 90.5 Å². The van der Waals surface area contributed by atoms with E-state index < -0.39 is 11.6 Å². The van der Waals surface area contributed by atoms with Crippen LogP contribution in [0.15, 0.2) is 24.3 Å². The Balaban J connectivity index is 1.21. The Kier molecular flexibility index (Phi) is 6.09. The molecule has 162 valence electrons. The number of carbonyl (C=O) groups is 3. The van der Waals surface area contributed by atoms with E-state index in [1.54, 1.807) is 0 Å². The molecule has 0 aromatic heterocycles. The highest BCUT2D eigenvalue weighted by Crippen LogP contribution is 2.34. The molecule has 3 fully saturated rings. The summed E-state index contributed by atoms with van der Waals surface area (Å²) in [4.78, 5) is 38.5. The Morgan fingerprint density at radius 1 is 1.07 bits per heavy atom. The van der Waals surface area contributed by atoms with E-state index in [-0.39, 0.29) is 17.7 Å². The van der Waals surface area contributed by atoms with E-state index in [4.69, 9.17) is 0 Å². The minimum Gasteiger partial charge on any atom is -0.352 e. The number of imide groups is 1. The van der Waals surface area contributed by atoms with Crippen molar-refractivity contribution in [1.82, 2.24) is 20.9 Å². The molecule has 4 amide bonds. The summed E-state index contributed by atoms with van der Waals surface area (Å²) in [6.07, 6.45) is 4.78. The van der Waals surface area contributed by atoms with E-state index >= 15 is 0 Å². The average Bonchev–Trinajstić information content (AvgIpc) is 3.02. The Hall–Kier alpha value is -2.41. The molecule has 7 heteroatoms. The largest absolute Gasteiger partial charge is 0.352 e. The summed E-state index contributed by atoms with van der Waals surface area (Å²) in [5.41, 5.74) is 1.60. The number of benzene rings is 1. The second-order valence-electron chi connectivity index (χ2n) is 9.26. The van der Waals surface area contributed by atoms with Gasteiger partial charge in [-0.3, -0.25) is 19.8 Å². The van der Waals surface area contributed by atoms with Crippen molar-refractivity contribution < 1.29 is 14.4 Å². The van der Waals surface area contributed by atoms with Gasteiger partial charge in [-0.2, -0.15) is 0 Å². The molecule has 3 N–H and O–H groups in total. The van der Waals surface area contributed by atoms with E-state index in [0.29, 0.717) is 32.2 Å². The summed E-state index contributed by atoms with van der Waals surface area (Å²) in [6, 6.07) is 8.07. The van der Waals surface area contributed by atoms with Crippen LogP contribution in [0.4, 0.5) is 4.79 Å². The monoisotopic (exact) mass is 412 g/mol. The summed E-state index contributed by atoms with van der Waals surface area (Å²) in [6.45, 7) is 6.18. The summed E-state index contributed by atoms with van der Waals surface area (Å²) in [5.74, 6) is 0.504. The highest BCUT2D eigenvalue weighted by molar-refractivity contribution is 6.07. The molecule has 2 aliphatic heterocycles. The predicted octanol–water partition coefficient (Wildman–Crippen LogP) is 2.30. The number of rotatable bonds is 5. The van der Waals surface area contributed by atoms with Crippen molar-refractivity contribution in [1.29, 1.82) is 0 Å². The molecule has 1 aromatic carbocycles. The number of nitrogens with one attached hydrogen (secondary N) is 3. The standard InChI is InChI=1S/C23H32N4O3/c1-16-8-12-27(13-9-16)15-18-4-2-17(3-5-18)14-24-20(28)19-6-10-23(11-7-19)21(29)25-22(30)26-23/h2-5,16,19H,6-15H2,1H3,(H,24,28)(H2,25,26,29,30). The van der Waals surface area contributed by atoms with Crippen LogP contribution in [0.3, 0.4) is 0 Å². The van der Waals surface area contributed by atoms with E-state index in [1.165, 1.54) is 31.5 Å². The lowest BCUT2D eigenvalue weighted by Gasteiger charge is -2.33. The molecule has 0 bridgehead atoms. The van der Waals surface area contributed by atoms with Crippen LogP contribution in [-0.2, 0) is 22.7 Å². The molecule has 1 spiro atoms. The lowest BCUT2D eigenvalue weighted by Crippen LogP contribution is -2.50.